The Hall–Kier alpha value is -1.62. The van der Waals surface area contributed by atoms with Gasteiger partial charge in [0.2, 0.25) is 5.91 Å². The van der Waals surface area contributed by atoms with Gasteiger partial charge in [0, 0.05) is 25.1 Å². The average Bonchev–Trinajstić information content (AvgIpc) is 2.88. The van der Waals surface area contributed by atoms with Gasteiger partial charge in [-0.25, -0.2) is 0 Å². The van der Waals surface area contributed by atoms with E-state index in [1.165, 1.54) is 0 Å². The van der Waals surface area contributed by atoms with Crippen LogP contribution in [-0.2, 0) is 9.53 Å². The predicted molar refractivity (Wildman–Crippen MR) is 78.0 cm³/mol. The minimum absolute atomic E-state index is 0.175. The molecule has 1 unspecified atom stereocenters. The van der Waals surface area contributed by atoms with E-state index in [1.807, 2.05) is 24.0 Å². The maximum atomic E-state index is 11.9. The lowest BCUT2D eigenvalue weighted by Gasteiger charge is -2.50. The normalized spacial score (nSPS) is 23.1. The highest BCUT2D eigenvalue weighted by Gasteiger charge is 2.54. The Kier molecular flexibility index (Phi) is 4.10. The summed E-state index contributed by atoms with van der Waals surface area (Å²) in [5, 5.41) is 0. The van der Waals surface area contributed by atoms with Crippen molar-refractivity contribution in [3.63, 3.8) is 0 Å². The Morgan fingerprint density at radius 1 is 1.57 bits per heavy atom. The fourth-order valence-corrected chi connectivity index (χ4v) is 3.15. The van der Waals surface area contributed by atoms with Crippen molar-refractivity contribution in [3.8, 4) is 5.75 Å². The molecule has 2 fully saturated rings. The molecular weight excluding hydrogens is 268 g/mol. The third-order valence-electron chi connectivity index (χ3n) is 4.42. The van der Waals surface area contributed by atoms with Crippen molar-refractivity contribution >= 4 is 5.91 Å². The molecular formula is C16H22N2O3. The van der Waals surface area contributed by atoms with Gasteiger partial charge in [-0.2, -0.15) is 0 Å². The van der Waals surface area contributed by atoms with Crippen LogP contribution in [0.5, 0.6) is 5.75 Å². The summed E-state index contributed by atoms with van der Waals surface area (Å²) in [6, 6.07) is 3.78. The predicted octanol–water partition coefficient (Wildman–Crippen LogP) is 1.88. The first kappa shape index (κ1) is 14.3. The smallest absolute Gasteiger partial charge is 0.222 e. The standard InChI is InChI=1S/C16H22N2O3/c1-2-4-15(19)18-11-16(12-18)13(6-8-21-16)10-20-14-5-3-7-17-9-14/h3,5,7,9,13H,2,4,6,8,10-12H2,1H3. The third kappa shape index (κ3) is 2.88. The molecule has 2 saturated heterocycles. The van der Waals surface area contributed by atoms with E-state index < -0.39 is 0 Å². The molecule has 1 aromatic rings. The molecule has 1 amide bonds. The molecule has 1 aromatic heterocycles. The molecule has 3 rings (SSSR count). The molecule has 1 atom stereocenters. The van der Waals surface area contributed by atoms with Crippen LogP contribution in [0.1, 0.15) is 26.2 Å². The Balaban J connectivity index is 1.54. The number of carbonyl (C=O) groups is 1. The zero-order chi connectivity index (χ0) is 14.7. The first-order valence-corrected chi connectivity index (χ1v) is 7.68. The minimum atomic E-state index is -0.175. The summed E-state index contributed by atoms with van der Waals surface area (Å²) in [5.74, 6) is 1.38. The quantitative estimate of drug-likeness (QED) is 0.831. The molecule has 0 radical (unpaired) electrons. The van der Waals surface area contributed by atoms with Crippen molar-refractivity contribution < 1.29 is 14.3 Å². The Labute approximate surface area is 125 Å². The summed E-state index contributed by atoms with van der Waals surface area (Å²) < 4.78 is 11.8. The highest BCUT2D eigenvalue weighted by atomic mass is 16.5. The molecule has 1 spiro atoms. The number of nitrogens with zero attached hydrogens (tertiary/aromatic N) is 2. The van der Waals surface area contributed by atoms with Crippen LogP contribution >= 0.6 is 0 Å². The zero-order valence-electron chi connectivity index (χ0n) is 12.5. The second-order valence-electron chi connectivity index (χ2n) is 5.90. The lowest BCUT2D eigenvalue weighted by atomic mass is 9.81. The zero-order valence-corrected chi connectivity index (χ0v) is 12.5. The van der Waals surface area contributed by atoms with E-state index >= 15 is 0 Å². The Morgan fingerprint density at radius 2 is 2.43 bits per heavy atom. The lowest BCUT2D eigenvalue weighted by molar-refractivity contribution is -0.166. The lowest BCUT2D eigenvalue weighted by Crippen LogP contribution is -2.66. The van der Waals surface area contributed by atoms with E-state index in [1.54, 1.807) is 12.4 Å². The van der Waals surface area contributed by atoms with Crippen molar-refractivity contribution in [3.05, 3.63) is 24.5 Å². The average molecular weight is 290 g/mol. The number of carbonyl (C=O) groups excluding carboxylic acids is 1. The Morgan fingerprint density at radius 3 is 3.14 bits per heavy atom. The largest absolute Gasteiger partial charge is 0.492 e. The summed E-state index contributed by atoms with van der Waals surface area (Å²) in [6.07, 6.45) is 5.98. The second-order valence-corrected chi connectivity index (χ2v) is 5.90. The summed E-state index contributed by atoms with van der Waals surface area (Å²) in [5.41, 5.74) is -0.175. The van der Waals surface area contributed by atoms with Crippen molar-refractivity contribution in [2.24, 2.45) is 5.92 Å². The van der Waals surface area contributed by atoms with Gasteiger partial charge in [-0.3, -0.25) is 9.78 Å². The van der Waals surface area contributed by atoms with Crippen LogP contribution < -0.4 is 4.74 Å². The van der Waals surface area contributed by atoms with Gasteiger partial charge < -0.3 is 14.4 Å². The fourth-order valence-electron chi connectivity index (χ4n) is 3.15. The molecule has 21 heavy (non-hydrogen) atoms. The van der Waals surface area contributed by atoms with E-state index in [9.17, 15) is 4.79 Å². The highest BCUT2D eigenvalue weighted by molar-refractivity contribution is 5.77. The van der Waals surface area contributed by atoms with Gasteiger partial charge in [0.1, 0.15) is 11.4 Å². The molecule has 3 heterocycles. The van der Waals surface area contributed by atoms with Crippen LogP contribution in [0.4, 0.5) is 0 Å². The van der Waals surface area contributed by atoms with Crippen molar-refractivity contribution in [2.45, 2.75) is 31.8 Å². The minimum Gasteiger partial charge on any atom is -0.492 e. The van der Waals surface area contributed by atoms with Gasteiger partial charge in [-0.1, -0.05) is 6.92 Å². The number of ether oxygens (including phenoxy) is 2. The van der Waals surface area contributed by atoms with E-state index in [2.05, 4.69) is 4.98 Å². The maximum Gasteiger partial charge on any atom is 0.222 e. The number of pyridine rings is 1. The number of rotatable bonds is 5. The SMILES string of the molecule is CCCC(=O)N1CC2(C1)OCCC2COc1cccnc1. The molecule has 114 valence electrons. The summed E-state index contributed by atoms with van der Waals surface area (Å²) >= 11 is 0. The van der Waals surface area contributed by atoms with Crippen LogP contribution in [0.25, 0.3) is 0 Å². The first-order valence-electron chi connectivity index (χ1n) is 7.68. The van der Waals surface area contributed by atoms with Crippen LogP contribution in [-0.4, -0.2) is 47.7 Å². The van der Waals surface area contributed by atoms with Crippen molar-refractivity contribution in [2.75, 3.05) is 26.3 Å². The maximum absolute atomic E-state index is 11.9. The third-order valence-corrected chi connectivity index (χ3v) is 4.42. The van der Waals surface area contributed by atoms with Crippen molar-refractivity contribution in [1.29, 1.82) is 0 Å². The summed E-state index contributed by atoms with van der Waals surface area (Å²) in [4.78, 5) is 17.8. The van der Waals surface area contributed by atoms with E-state index in [0.29, 0.717) is 32.0 Å². The van der Waals surface area contributed by atoms with Gasteiger partial charge in [0.25, 0.3) is 0 Å². The Bertz CT molecular complexity index is 486. The topological polar surface area (TPSA) is 51.7 Å². The van der Waals surface area contributed by atoms with E-state index in [-0.39, 0.29) is 11.5 Å². The van der Waals surface area contributed by atoms with Crippen LogP contribution in [0.3, 0.4) is 0 Å². The van der Waals surface area contributed by atoms with Gasteiger partial charge in [-0.05, 0) is 25.0 Å². The molecule has 0 aromatic carbocycles. The van der Waals surface area contributed by atoms with E-state index in [4.69, 9.17) is 9.47 Å². The van der Waals surface area contributed by atoms with Gasteiger partial charge >= 0.3 is 0 Å². The van der Waals surface area contributed by atoms with Gasteiger partial charge in [-0.15, -0.1) is 0 Å². The molecule has 2 aliphatic rings. The number of hydrogen-bond donors (Lipinski definition) is 0. The molecule has 5 heteroatoms. The van der Waals surface area contributed by atoms with E-state index in [0.717, 1.165) is 25.2 Å². The number of likely N-dealkylation sites (tertiary alicyclic amines) is 1. The highest BCUT2D eigenvalue weighted by Crippen LogP contribution is 2.40. The van der Waals surface area contributed by atoms with Crippen LogP contribution in [0.2, 0.25) is 0 Å². The van der Waals surface area contributed by atoms with Crippen LogP contribution in [0, 0.1) is 5.92 Å². The molecule has 0 saturated carbocycles. The molecule has 2 aliphatic heterocycles. The number of aromatic nitrogens is 1. The van der Waals surface area contributed by atoms with Crippen molar-refractivity contribution in [1.82, 2.24) is 9.88 Å². The summed E-state index contributed by atoms with van der Waals surface area (Å²) in [7, 11) is 0. The van der Waals surface area contributed by atoms with Crippen LogP contribution in [0.15, 0.2) is 24.5 Å². The molecule has 5 nitrogen and oxygen atoms in total. The summed E-state index contributed by atoms with van der Waals surface area (Å²) in [6.45, 7) is 4.85. The monoisotopic (exact) mass is 290 g/mol. The number of hydrogen-bond acceptors (Lipinski definition) is 4. The molecule has 0 bridgehead atoms. The fraction of sp³-hybridized carbons (Fsp3) is 0.625. The molecule has 0 aliphatic carbocycles. The molecule has 0 N–H and O–H groups in total. The first-order chi connectivity index (χ1) is 10.2. The van der Waals surface area contributed by atoms with Gasteiger partial charge in [0.05, 0.1) is 25.9 Å². The second kappa shape index (κ2) is 6.02. The number of amides is 1. The van der Waals surface area contributed by atoms with Gasteiger partial charge in [0.15, 0.2) is 0 Å².